The van der Waals surface area contributed by atoms with Gasteiger partial charge < -0.3 is 15.0 Å². The minimum Gasteiger partial charge on any atom is -0.456 e. The zero-order valence-corrected chi connectivity index (χ0v) is 21.4. The standard InChI is InChI=1S/C28H35ClN2O3/c1-27(2)16-20(17-28(3,4)30-27)14-24(32)21-10-11-25(23(29)15-21)34-22-8-5-7-19(13-22)18-31-12-6-9-26(31)33/h5,7-8,10-11,13,15,20,30H,6,9,12,14,16-18H2,1-4H3. The quantitative estimate of drug-likeness (QED) is 0.465. The summed E-state index contributed by atoms with van der Waals surface area (Å²) in [6.45, 7) is 10.2. The molecule has 0 atom stereocenters. The van der Waals surface area contributed by atoms with Gasteiger partial charge in [-0.05, 0) is 88.8 Å². The van der Waals surface area contributed by atoms with Gasteiger partial charge in [-0.1, -0.05) is 23.7 Å². The molecule has 0 spiro atoms. The van der Waals surface area contributed by atoms with Gasteiger partial charge in [0.25, 0.3) is 0 Å². The van der Waals surface area contributed by atoms with Crippen LogP contribution in [0.25, 0.3) is 0 Å². The van der Waals surface area contributed by atoms with Crippen molar-refractivity contribution in [1.29, 1.82) is 0 Å². The number of Topliss-reactive ketones (excluding diaryl/α,β-unsaturated/α-hetero) is 1. The fourth-order valence-electron chi connectivity index (χ4n) is 5.74. The van der Waals surface area contributed by atoms with Crippen LogP contribution in [0.5, 0.6) is 11.5 Å². The largest absolute Gasteiger partial charge is 0.456 e. The van der Waals surface area contributed by atoms with Crippen LogP contribution in [0.2, 0.25) is 5.02 Å². The predicted octanol–water partition coefficient (Wildman–Crippen LogP) is 6.38. The number of hydrogen-bond donors (Lipinski definition) is 1. The number of halogens is 1. The second-order valence-corrected chi connectivity index (χ2v) is 11.5. The summed E-state index contributed by atoms with van der Waals surface area (Å²) in [4.78, 5) is 26.8. The van der Waals surface area contributed by atoms with E-state index < -0.39 is 0 Å². The molecule has 2 aromatic carbocycles. The molecule has 0 bridgehead atoms. The highest BCUT2D eigenvalue weighted by Crippen LogP contribution is 2.36. The summed E-state index contributed by atoms with van der Waals surface area (Å²) in [6, 6.07) is 13.0. The van der Waals surface area contributed by atoms with E-state index in [0.717, 1.165) is 31.4 Å². The second-order valence-electron chi connectivity index (χ2n) is 11.1. The summed E-state index contributed by atoms with van der Waals surface area (Å²) in [5.41, 5.74) is 1.66. The van der Waals surface area contributed by atoms with Crippen molar-refractivity contribution < 1.29 is 14.3 Å². The molecule has 0 aliphatic carbocycles. The minimum atomic E-state index is 0.0125. The molecule has 182 valence electrons. The van der Waals surface area contributed by atoms with Crippen molar-refractivity contribution in [3.05, 3.63) is 58.6 Å². The van der Waals surface area contributed by atoms with Crippen molar-refractivity contribution in [3.63, 3.8) is 0 Å². The number of piperidine rings is 1. The molecule has 34 heavy (non-hydrogen) atoms. The number of hydrogen-bond acceptors (Lipinski definition) is 4. The first kappa shape index (κ1) is 24.7. The number of rotatable bonds is 7. The zero-order chi connectivity index (χ0) is 24.5. The molecule has 2 aliphatic heterocycles. The first-order valence-corrected chi connectivity index (χ1v) is 12.5. The highest BCUT2D eigenvalue weighted by Gasteiger charge is 2.38. The Hall–Kier alpha value is -2.37. The van der Waals surface area contributed by atoms with E-state index in [0.29, 0.717) is 47.4 Å². The Bertz CT molecular complexity index is 1060. The minimum absolute atomic E-state index is 0.0125. The van der Waals surface area contributed by atoms with Crippen LogP contribution in [0.4, 0.5) is 0 Å². The van der Waals surface area contributed by atoms with Crippen molar-refractivity contribution in [1.82, 2.24) is 10.2 Å². The van der Waals surface area contributed by atoms with Crippen molar-refractivity contribution >= 4 is 23.3 Å². The van der Waals surface area contributed by atoms with E-state index in [1.807, 2.05) is 29.2 Å². The van der Waals surface area contributed by atoms with Gasteiger partial charge in [0.2, 0.25) is 5.91 Å². The third-order valence-electron chi connectivity index (χ3n) is 6.67. The first-order chi connectivity index (χ1) is 16.0. The molecule has 2 heterocycles. The van der Waals surface area contributed by atoms with E-state index in [9.17, 15) is 9.59 Å². The topological polar surface area (TPSA) is 58.6 Å². The van der Waals surface area contributed by atoms with Crippen LogP contribution in [0.1, 0.15) is 75.7 Å². The molecule has 2 fully saturated rings. The number of benzene rings is 2. The number of ether oxygens (including phenoxy) is 1. The van der Waals surface area contributed by atoms with Gasteiger partial charge in [-0.25, -0.2) is 0 Å². The normalized spacial score (nSPS) is 19.9. The average Bonchev–Trinajstić information content (AvgIpc) is 3.12. The molecule has 2 aliphatic rings. The lowest BCUT2D eigenvalue weighted by atomic mass is 9.74. The molecule has 0 radical (unpaired) electrons. The maximum absolute atomic E-state index is 13.0. The highest BCUT2D eigenvalue weighted by molar-refractivity contribution is 6.32. The predicted molar refractivity (Wildman–Crippen MR) is 136 cm³/mol. The molecule has 0 aromatic heterocycles. The summed E-state index contributed by atoms with van der Waals surface area (Å²) in [6.07, 6.45) is 4.00. The molecular weight excluding hydrogens is 448 g/mol. The molecule has 1 N–H and O–H groups in total. The lowest BCUT2D eigenvalue weighted by molar-refractivity contribution is -0.128. The van der Waals surface area contributed by atoms with E-state index >= 15 is 0 Å². The Morgan fingerprint density at radius 3 is 2.50 bits per heavy atom. The van der Waals surface area contributed by atoms with Crippen molar-refractivity contribution in [2.75, 3.05) is 6.54 Å². The average molecular weight is 483 g/mol. The molecule has 4 rings (SSSR count). The van der Waals surface area contributed by atoms with Gasteiger partial charge in [-0.2, -0.15) is 0 Å². The second kappa shape index (κ2) is 9.71. The maximum Gasteiger partial charge on any atom is 0.222 e. The highest BCUT2D eigenvalue weighted by atomic mass is 35.5. The van der Waals surface area contributed by atoms with Crippen LogP contribution in [-0.2, 0) is 11.3 Å². The molecule has 0 saturated carbocycles. The fourth-order valence-corrected chi connectivity index (χ4v) is 5.96. The van der Waals surface area contributed by atoms with Crippen molar-refractivity contribution in [2.45, 2.75) is 77.4 Å². The van der Waals surface area contributed by atoms with E-state index in [-0.39, 0.29) is 22.8 Å². The van der Waals surface area contributed by atoms with Gasteiger partial charge in [0.15, 0.2) is 5.78 Å². The van der Waals surface area contributed by atoms with Crippen LogP contribution in [0, 0.1) is 5.92 Å². The number of ketones is 1. The fraction of sp³-hybridized carbons (Fsp3) is 0.500. The molecule has 0 unspecified atom stereocenters. The number of likely N-dealkylation sites (tertiary alicyclic amines) is 1. The van der Waals surface area contributed by atoms with Gasteiger partial charge in [0.1, 0.15) is 11.5 Å². The monoisotopic (exact) mass is 482 g/mol. The summed E-state index contributed by atoms with van der Waals surface area (Å²) in [5, 5.41) is 4.09. The van der Waals surface area contributed by atoms with Gasteiger partial charge in [-0.3, -0.25) is 9.59 Å². The third-order valence-corrected chi connectivity index (χ3v) is 6.97. The molecule has 2 aromatic rings. The number of amides is 1. The molecule has 2 saturated heterocycles. The molecule has 6 heteroatoms. The smallest absolute Gasteiger partial charge is 0.222 e. The van der Waals surface area contributed by atoms with E-state index in [2.05, 4.69) is 33.0 Å². The van der Waals surface area contributed by atoms with Crippen molar-refractivity contribution in [3.8, 4) is 11.5 Å². The Labute approximate surface area is 207 Å². The van der Waals surface area contributed by atoms with Crippen LogP contribution in [0.15, 0.2) is 42.5 Å². The molecule has 1 amide bonds. The third kappa shape index (κ3) is 6.19. The Morgan fingerprint density at radius 1 is 1.12 bits per heavy atom. The SMILES string of the molecule is CC1(C)CC(CC(=O)c2ccc(Oc3cccc(CN4CCCC4=O)c3)c(Cl)c2)CC(C)(C)N1. The van der Waals surface area contributed by atoms with Crippen LogP contribution < -0.4 is 10.1 Å². The van der Waals surface area contributed by atoms with E-state index in [1.165, 1.54) is 0 Å². The Morgan fingerprint density at radius 2 is 1.85 bits per heavy atom. The summed E-state index contributed by atoms with van der Waals surface area (Å²) < 4.78 is 6.03. The summed E-state index contributed by atoms with van der Waals surface area (Å²) in [7, 11) is 0. The molecular formula is C28H35ClN2O3. The Kier molecular flexibility index (Phi) is 7.07. The van der Waals surface area contributed by atoms with Crippen LogP contribution in [0.3, 0.4) is 0 Å². The lowest BCUT2D eigenvalue weighted by Crippen LogP contribution is -2.57. The van der Waals surface area contributed by atoms with Gasteiger partial charge in [-0.15, -0.1) is 0 Å². The van der Waals surface area contributed by atoms with E-state index in [1.54, 1.807) is 18.2 Å². The van der Waals surface area contributed by atoms with Gasteiger partial charge in [0.05, 0.1) is 5.02 Å². The van der Waals surface area contributed by atoms with Crippen molar-refractivity contribution in [2.24, 2.45) is 5.92 Å². The lowest BCUT2D eigenvalue weighted by Gasteiger charge is -2.46. The van der Waals surface area contributed by atoms with Gasteiger partial charge >= 0.3 is 0 Å². The first-order valence-electron chi connectivity index (χ1n) is 12.2. The summed E-state index contributed by atoms with van der Waals surface area (Å²) in [5.74, 6) is 1.81. The zero-order valence-electron chi connectivity index (χ0n) is 20.6. The van der Waals surface area contributed by atoms with Gasteiger partial charge in [0, 0.05) is 42.6 Å². The number of carbonyl (C=O) groups excluding carboxylic acids is 2. The summed E-state index contributed by atoms with van der Waals surface area (Å²) >= 11 is 6.51. The van der Waals surface area contributed by atoms with E-state index in [4.69, 9.17) is 16.3 Å². The number of nitrogens with one attached hydrogen (secondary N) is 1. The van der Waals surface area contributed by atoms with Crippen LogP contribution >= 0.6 is 11.6 Å². The number of carbonyl (C=O) groups is 2. The van der Waals surface area contributed by atoms with Crippen LogP contribution in [-0.4, -0.2) is 34.2 Å². The maximum atomic E-state index is 13.0. The molecule has 5 nitrogen and oxygen atoms in total. The number of nitrogens with zero attached hydrogens (tertiary/aromatic N) is 1. The Balaban J connectivity index is 1.41.